The zero-order chi connectivity index (χ0) is 16.3. The number of rotatable bonds is 4. The molecule has 1 aromatic heterocycles. The fraction of sp³-hybridized carbons (Fsp3) is 0.643. The molecule has 2 atom stereocenters. The van der Waals surface area contributed by atoms with Crippen LogP contribution in [0.2, 0.25) is 0 Å². The van der Waals surface area contributed by atoms with Crippen LogP contribution >= 0.6 is 0 Å². The molecule has 2 rings (SSSR count). The molecular formula is C14H21N3O5. The predicted octanol–water partition coefficient (Wildman–Crippen LogP) is 0.829. The van der Waals surface area contributed by atoms with Gasteiger partial charge < -0.3 is 14.7 Å². The van der Waals surface area contributed by atoms with Crippen molar-refractivity contribution in [3.05, 3.63) is 22.7 Å². The van der Waals surface area contributed by atoms with Gasteiger partial charge in [-0.05, 0) is 33.6 Å². The van der Waals surface area contributed by atoms with E-state index in [1.165, 1.54) is 16.8 Å². The Morgan fingerprint density at radius 3 is 2.82 bits per heavy atom. The van der Waals surface area contributed by atoms with Gasteiger partial charge in [0.05, 0.1) is 18.1 Å². The van der Waals surface area contributed by atoms with Crippen LogP contribution in [-0.4, -0.2) is 33.3 Å². The standard InChI is InChI=1S/C14H21N3O5/c1-14(2,3)12(19)22-16-10-6-7-17(13(20)15-10)11-5-4-9(8-18)21-11/h6-7,9,11,18H,4-5,8H2,1-3H3,(H,15,16,20). The third kappa shape index (κ3) is 3.83. The summed E-state index contributed by atoms with van der Waals surface area (Å²) in [5, 5.41) is 9.05. The van der Waals surface area contributed by atoms with Crippen molar-refractivity contribution in [2.75, 3.05) is 12.1 Å². The minimum absolute atomic E-state index is 0.0684. The lowest BCUT2D eigenvalue weighted by atomic mass is 9.98. The maximum atomic E-state index is 12.0. The monoisotopic (exact) mass is 311 g/mol. The van der Waals surface area contributed by atoms with Crippen LogP contribution in [0, 0.1) is 5.41 Å². The minimum Gasteiger partial charge on any atom is -0.394 e. The summed E-state index contributed by atoms with van der Waals surface area (Å²) in [6, 6.07) is 1.52. The summed E-state index contributed by atoms with van der Waals surface area (Å²) in [5.74, 6) is -0.307. The molecule has 1 saturated heterocycles. The number of aliphatic hydroxyl groups is 1. The first-order chi connectivity index (χ1) is 10.3. The molecule has 8 nitrogen and oxygen atoms in total. The van der Waals surface area contributed by atoms with Crippen LogP contribution in [0.5, 0.6) is 0 Å². The normalized spacial score (nSPS) is 21.6. The molecule has 0 bridgehead atoms. The number of aromatic nitrogens is 2. The number of nitrogens with one attached hydrogen (secondary N) is 1. The zero-order valence-electron chi connectivity index (χ0n) is 12.9. The molecule has 0 amide bonds. The lowest BCUT2D eigenvalue weighted by Crippen LogP contribution is -2.29. The van der Waals surface area contributed by atoms with Gasteiger partial charge >= 0.3 is 11.7 Å². The van der Waals surface area contributed by atoms with E-state index in [1.807, 2.05) is 0 Å². The molecule has 0 spiro atoms. The smallest absolute Gasteiger partial charge is 0.351 e. The van der Waals surface area contributed by atoms with Gasteiger partial charge in [0, 0.05) is 12.3 Å². The third-order valence-electron chi connectivity index (χ3n) is 3.29. The first-order valence-corrected chi connectivity index (χ1v) is 7.14. The molecule has 1 fully saturated rings. The van der Waals surface area contributed by atoms with E-state index in [4.69, 9.17) is 14.7 Å². The molecule has 122 valence electrons. The molecule has 0 aliphatic carbocycles. The van der Waals surface area contributed by atoms with E-state index in [9.17, 15) is 9.59 Å². The second-order valence-electron chi connectivity index (χ2n) is 6.22. The Balaban J connectivity index is 2.01. The first kappa shape index (κ1) is 16.4. The van der Waals surface area contributed by atoms with Gasteiger partial charge in [-0.2, -0.15) is 4.98 Å². The molecule has 0 saturated carbocycles. The van der Waals surface area contributed by atoms with Crippen molar-refractivity contribution in [2.45, 2.75) is 45.9 Å². The predicted molar refractivity (Wildman–Crippen MR) is 77.9 cm³/mol. The molecule has 2 unspecified atom stereocenters. The number of aliphatic hydroxyl groups excluding tert-OH is 1. The van der Waals surface area contributed by atoms with Crippen molar-refractivity contribution < 1.29 is 19.5 Å². The third-order valence-corrected chi connectivity index (χ3v) is 3.29. The maximum absolute atomic E-state index is 12.0. The van der Waals surface area contributed by atoms with Crippen molar-refractivity contribution in [3.63, 3.8) is 0 Å². The summed E-state index contributed by atoms with van der Waals surface area (Å²) in [4.78, 5) is 32.3. The summed E-state index contributed by atoms with van der Waals surface area (Å²) in [7, 11) is 0. The number of carbonyl (C=O) groups is 1. The van der Waals surface area contributed by atoms with Crippen LogP contribution in [0.25, 0.3) is 0 Å². The molecule has 2 heterocycles. The quantitative estimate of drug-likeness (QED) is 0.794. The Bertz CT molecular complexity index is 593. The van der Waals surface area contributed by atoms with Gasteiger partial charge in [-0.3, -0.25) is 4.57 Å². The molecule has 0 radical (unpaired) electrons. The van der Waals surface area contributed by atoms with E-state index >= 15 is 0 Å². The second-order valence-corrected chi connectivity index (χ2v) is 6.22. The Morgan fingerprint density at radius 2 is 2.27 bits per heavy atom. The van der Waals surface area contributed by atoms with Gasteiger partial charge in [-0.1, -0.05) is 0 Å². The Morgan fingerprint density at radius 1 is 1.55 bits per heavy atom. The van der Waals surface area contributed by atoms with Crippen molar-refractivity contribution in [2.24, 2.45) is 5.41 Å². The minimum atomic E-state index is -0.654. The van der Waals surface area contributed by atoms with E-state index in [1.54, 1.807) is 20.8 Å². The summed E-state index contributed by atoms with van der Waals surface area (Å²) in [5.41, 5.74) is 1.21. The van der Waals surface area contributed by atoms with Crippen molar-refractivity contribution in [1.29, 1.82) is 0 Å². The summed E-state index contributed by atoms with van der Waals surface area (Å²) in [6.45, 7) is 5.09. The van der Waals surface area contributed by atoms with Crippen molar-refractivity contribution >= 4 is 11.8 Å². The highest BCUT2D eigenvalue weighted by molar-refractivity contribution is 5.76. The van der Waals surface area contributed by atoms with Crippen LogP contribution in [-0.2, 0) is 14.4 Å². The molecule has 1 aromatic rings. The van der Waals surface area contributed by atoms with Crippen LogP contribution in [0.1, 0.15) is 39.8 Å². The van der Waals surface area contributed by atoms with E-state index < -0.39 is 23.3 Å². The number of anilines is 1. The Kier molecular flexibility index (Phi) is 4.82. The molecule has 2 N–H and O–H groups in total. The molecule has 1 aliphatic rings. The highest BCUT2D eigenvalue weighted by Gasteiger charge is 2.27. The van der Waals surface area contributed by atoms with Gasteiger partial charge in [-0.25, -0.2) is 15.1 Å². The Labute approximate surface area is 128 Å². The fourth-order valence-corrected chi connectivity index (χ4v) is 1.97. The van der Waals surface area contributed by atoms with Gasteiger partial charge in [0.2, 0.25) is 0 Å². The lowest BCUT2D eigenvalue weighted by molar-refractivity contribution is -0.149. The number of hydrogen-bond donors (Lipinski definition) is 2. The van der Waals surface area contributed by atoms with E-state index in [0.29, 0.717) is 12.8 Å². The summed E-state index contributed by atoms with van der Waals surface area (Å²) < 4.78 is 6.88. The Hall–Kier alpha value is -1.93. The average molecular weight is 311 g/mol. The van der Waals surface area contributed by atoms with E-state index in [0.717, 1.165) is 0 Å². The number of hydrogen-bond acceptors (Lipinski definition) is 7. The molecule has 0 aromatic carbocycles. The largest absolute Gasteiger partial charge is 0.394 e. The van der Waals surface area contributed by atoms with Crippen molar-refractivity contribution in [1.82, 2.24) is 9.55 Å². The van der Waals surface area contributed by atoms with Crippen LogP contribution < -0.4 is 11.2 Å². The second kappa shape index (κ2) is 6.45. The van der Waals surface area contributed by atoms with E-state index in [2.05, 4.69) is 10.5 Å². The maximum Gasteiger partial charge on any atom is 0.351 e. The number of ether oxygens (including phenoxy) is 1. The number of carbonyl (C=O) groups excluding carboxylic acids is 1. The fourth-order valence-electron chi connectivity index (χ4n) is 1.97. The molecular weight excluding hydrogens is 290 g/mol. The highest BCUT2D eigenvalue weighted by Crippen LogP contribution is 2.26. The van der Waals surface area contributed by atoms with Crippen LogP contribution in [0.3, 0.4) is 0 Å². The lowest BCUT2D eigenvalue weighted by Gasteiger charge is -2.17. The van der Waals surface area contributed by atoms with Gasteiger partial charge in [0.1, 0.15) is 6.23 Å². The summed E-state index contributed by atoms with van der Waals surface area (Å²) >= 11 is 0. The summed E-state index contributed by atoms with van der Waals surface area (Å²) in [6.07, 6.45) is 2.17. The first-order valence-electron chi connectivity index (χ1n) is 7.14. The highest BCUT2D eigenvalue weighted by atomic mass is 16.7. The molecule has 22 heavy (non-hydrogen) atoms. The van der Waals surface area contributed by atoms with Gasteiger partial charge in [0.25, 0.3) is 0 Å². The van der Waals surface area contributed by atoms with E-state index in [-0.39, 0.29) is 18.5 Å². The van der Waals surface area contributed by atoms with Crippen molar-refractivity contribution in [3.8, 4) is 0 Å². The SMILES string of the molecule is CC(C)(C)C(=O)ONc1ccn(C2CCC(CO)O2)c(=O)n1. The average Bonchev–Trinajstić information content (AvgIpc) is 2.92. The van der Waals surface area contributed by atoms with Crippen LogP contribution in [0.15, 0.2) is 17.1 Å². The number of nitrogens with zero attached hydrogens (tertiary/aromatic N) is 2. The zero-order valence-corrected chi connectivity index (χ0v) is 12.9. The topological polar surface area (TPSA) is 103 Å². The molecule has 1 aliphatic heterocycles. The van der Waals surface area contributed by atoms with Crippen LogP contribution in [0.4, 0.5) is 5.82 Å². The van der Waals surface area contributed by atoms with Gasteiger partial charge in [-0.15, -0.1) is 0 Å². The molecule has 8 heteroatoms. The van der Waals surface area contributed by atoms with Gasteiger partial charge in [0.15, 0.2) is 5.82 Å².